The molecule has 2 aromatic heterocycles. The number of ether oxygens (including phenoxy) is 1. The number of anilines is 2. The number of terminal acetylenes is 1. The van der Waals surface area contributed by atoms with Crippen LogP contribution in [0, 0.1) is 24.0 Å². The van der Waals surface area contributed by atoms with Crippen molar-refractivity contribution in [3.05, 3.63) is 77.0 Å². The van der Waals surface area contributed by atoms with Crippen LogP contribution in [0.1, 0.15) is 110 Å². The van der Waals surface area contributed by atoms with Crippen LogP contribution in [0.4, 0.5) is 20.3 Å². The molecule has 0 aliphatic carbocycles. The van der Waals surface area contributed by atoms with Crippen LogP contribution in [0.15, 0.2) is 48.7 Å². The molecule has 6 aliphatic rings. The Labute approximate surface area is 426 Å². The van der Waals surface area contributed by atoms with Gasteiger partial charge in [-0.25, -0.2) is 8.78 Å². The molecule has 19 heteroatoms. The number of hydrogen-bond acceptors (Lipinski definition) is 14. The summed E-state index contributed by atoms with van der Waals surface area (Å²) in [7, 11) is 1.86. The minimum absolute atomic E-state index is 0.00833. The van der Waals surface area contributed by atoms with Gasteiger partial charge >= 0.3 is 6.01 Å². The first-order chi connectivity index (χ1) is 35.8. The number of benzene rings is 3. The van der Waals surface area contributed by atoms with Crippen LogP contribution in [0.25, 0.3) is 32.9 Å². The second-order valence-electron chi connectivity index (χ2n) is 20.8. The van der Waals surface area contributed by atoms with Crippen molar-refractivity contribution in [3.63, 3.8) is 0 Å². The number of hydrogen-bond donors (Lipinski definition) is 4. The molecule has 5 saturated heterocycles. The molecule has 74 heavy (non-hydrogen) atoms. The number of likely N-dealkylation sites (N-methyl/N-ethyl adjacent to an activating group) is 1. The van der Waals surface area contributed by atoms with Crippen LogP contribution in [-0.2, 0) is 14.4 Å². The smallest absolute Gasteiger partial charge is 0.319 e. The summed E-state index contributed by atoms with van der Waals surface area (Å²) in [6.07, 6.45) is 16.7. The number of phenols is 1. The summed E-state index contributed by atoms with van der Waals surface area (Å²) in [5.74, 6) is -0.753. The third-order valence-electron chi connectivity index (χ3n) is 16.1. The summed E-state index contributed by atoms with van der Waals surface area (Å²) in [4.78, 5) is 86.0. The van der Waals surface area contributed by atoms with Crippen LogP contribution >= 0.6 is 0 Å². The van der Waals surface area contributed by atoms with Gasteiger partial charge in [0.1, 0.15) is 41.2 Å². The molecule has 3 aromatic carbocycles. The Morgan fingerprint density at radius 1 is 0.986 bits per heavy atom. The molecule has 5 atom stereocenters. The standard InChI is InChI=1S/C55H58F2N10O7/c1-3-36-40(56)16-13-31-24-35(68)25-38(45(31)36)48-47(57)49-39(26-59-48)50(65-27-32-14-15-33(28-65)60-32)63-54(62-49)74-30-55-20-9-23-66(55)34(19-21-55)29-64(2)44(70)12-6-4-5-7-22-58-41-11-8-10-37-46(41)53(73)67(52(37)72)42-17-18-43(69)61-51(42)71/h1,8,10-11,13,16,24-26,32-34,42,58,60,68H,4-7,9,12,14-15,17-23,27-30H2,2H3,(H,61,69,71)/t32?,33?,34-,42?,55?/m0/s1. The Hall–Kier alpha value is -7.30. The van der Waals surface area contributed by atoms with Crippen molar-refractivity contribution in [1.29, 1.82) is 0 Å². The van der Waals surface area contributed by atoms with Gasteiger partial charge in [-0.3, -0.25) is 44.1 Å². The van der Waals surface area contributed by atoms with Gasteiger partial charge in [0, 0.05) is 87.0 Å². The van der Waals surface area contributed by atoms with Crippen molar-refractivity contribution in [2.75, 3.05) is 56.6 Å². The number of nitrogens with one attached hydrogen (secondary N) is 3. The minimum atomic E-state index is -1.03. The lowest BCUT2D eigenvalue weighted by Gasteiger charge is -2.36. The molecule has 2 bridgehead atoms. The van der Waals surface area contributed by atoms with E-state index in [4.69, 9.17) is 21.1 Å². The van der Waals surface area contributed by atoms with Crippen molar-refractivity contribution in [2.24, 2.45) is 0 Å². The van der Waals surface area contributed by atoms with Crippen LogP contribution in [0.2, 0.25) is 0 Å². The topological polar surface area (TPSA) is 203 Å². The van der Waals surface area contributed by atoms with Crippen molar-refractivity contribution < 1.29 is 42.6 Å². The first-order valence-corrected chi connectivity index (χ1v) is 25.8. The van der Waals surface area contributed by atoms with Crippen molar-refractivity contribution in [1.82, 2.24) is 40.3 Å². The molecule has 8 heterocycles. The van der Waals surface area contributed by atoms with Gasteiger partial charge in [0.25, 0.3) is 11.8 Å². The van der Waals surface area contributed by atoms with Crippen LogP contribution in [-0.4, -0.2) is 140 Å². The molecule has 4 unspecified atom stereocenters. The second kappa shape index (κ2) is 19.9. The number of nitrogens with zero attached hydrogens (tertiary/aromatic N) is 7. The number of pyridine rings is 1. The van der Waals surface area contributed by atoms with E-state index >= 15 is 8.78 Å². The lowest BCUT2D eigenvalue weighted by atomic mass is 9.95. The maximum absolute atomic E-state index is 17.2. The fourth-order valence-electron chi connectivity index (χ4n) is 12.5. The van der Waals surface area contributed by atoms with E-state index in [2.05, 4.69) is 36.7 Å². The zero-order valence-corrected chi connectivity index (χ0v) is 41.2. The normalized spacial score (nSPS) is 23.4. The van der Waals surface area contributed by atoms with Gasteiger partial charge in [-0.2, -0.15) is 9.97 Å². The van der Waals surface area contributed by atoms with Crippen molar-refractivity contribution in [2.45, 2.75) is 113 Å². The number of rotatable bonds is 16. The average molecular weight is 1010 g/mol. The van der Waals surface area contributed by atoms with Gasteiger partial charge in [0.2, 0.25) is 17.7 Å². The third-order valence-corrected chi connectivity index (χ3v) is 16.1. The van der Waals surface area contributed by atoms with Gasteiger partial charge in [0.15, 0.2) is 5.82 Å². The number of phenolic OH excluding ortho intramolecular Hbond substituents is 1. The van der Waals surface area contributed by atoms with E-state index in [1.54, 1.807) is 18.2 Å². The monoisotopic (exact) mass is 1010 g/mol. The predicted octanol–water partition coefficient (Wildman–Crippen LogP) is 6.05. The summed E-state index contributed by atoms with van der Waals surface area (Å²) in [5, 5.41) is 21.0. The van der Waals surface area contributed by atoms with Gasteiger partial charge in [-0.15, -0.1) is 6.42 Å². The van der Waals surface area contributed by atoms with E-state index in [0.29, 0.717) is 54.9 Å². The van der Waals surface area contributed by atoms with Gasteiger partial charge in [-0.1, -0.05) is 30.9 Å². The quantitative estimate of drug-likeness (QED) is 0.0506. The zero-order valence-electron chi connectivity index (χ0n) is 41.2. The number of piperazine rings is 1. The first-order valence-electron chi connectivity index (χ1n) is 25.8. The molecular formula is C55H58F2N10O7. The first kappa shape index (κ1) is 48.9. The summed E-state index contributed by atoms with van der Waals surface area (Å²) in [5.41, 5.74) is 0.582. The lowest BCUT2D eigenvalue weighted by molar-refractivity contribution is -0.136. The Balaban J connectivity index is 0.715. The van der Waals surface area contributed by atoms with Gasteiger partial charge < -0.3 is 30.3 Å². The van der Waals surface area contributed by atoms with E-state index in [1.165, 1.54) is 30.5 Å². The fourth-order valence-corrected chi connectivity index (χ4v) is 12.5. The van der Waals surface area contributed by atoms with Crippen LogP contribution in [0.5, 0.6) is 11.8 Å². The molecule has 0 spiro atoms. The maximum Gasteiger partial charge on any atom is 0.319 e. The van der Waals surface area contributed by atoms with E-state index in [9.17, 15) is 29.1 Å². The number of unbranched alkanes of at least 4 members (excludes halogenated alkanes) is 3. The fraction of sp³-hybridized carbons (Fsp3) is 0.455. The molecule has 4 N–H and O–H groups in total. The maximum atomic E-state index is 17.2. The SMILES string of the molecule is C#Cc1c(F)ccc2cc(O)cc(-c3ncc4c(N5CC6CCC(C5)N6)nc(OCC56CCCN5[C@H](CN(C)C(=O)CCCCCCNc5cccc7c5C(=O)N(C5CCC(=O)NC5=O)C7=O)CC6)nc4c3F)c12. The molecule has 384 valence electrons. The highest BCUT2D eigenvalue weighted by molar-refractivity contribution is 6.25. The largest absolute Gasteiger partial charge is 0.508 e. The molecule has 0 radical (unpaired) electrons. The van der Waals surface area contributed by atoms with E-state index in [0.717, 1.165) is 75.7 Å². The summed E-state index contributed by atoms with van der Waals surface area (Å²) < 4.78 is 38.9. The van der Waals surface area contributed by atoms with E-state index in [-0.39, 0.29) is 99.6 Å². The molecule has 5 aromatic rings. The van der Waals surface area contributed by atoms with Crippen LogP contribution < -0.4 is 25.6 Å². The number of aromatic nitrogens is 3. The Morgan fingerprint density at radius 3 is 2.59 bits per heavy atom. The molecule has 0 saturated carbocycles. The number of amides is 5. The summed E-state index contributed by atoms with van der Waals surface area (Å²) >= 11 is 0. The van der Waals surface area contributed by atoms with Crippen molar-refractivity contribution in [3.8, 4) is 35.4 Å². The number of aromatic hydroxyl groups is 1. The van der Waals surface area contributed by atoms with Gasteiger partial charge in [0.05, 0.1) is 27.6 Å². The Bertz CT molecular complexity index is 3170. The zero-order chi connectivity index (χ0) is 51.4. The summed E-state index contributed by atoms with van der Waals surface area (Å²) in [6, 6.07) is 10.1. The average Bonchev–Trinajstić information content (AvgIpc) is 4.13. The number of carbonyl (C=O) groups excluding carboxylic acids is 5. The van der Waals surface area contributed by atoms with E-state index < -0.39 is 41.3 Å². The molecule has 5 amide bonds. The number of fused-ring (bicyclic) bond motifs is 6. The Morgan fingerprint density at radius 2 is 1.80 bits per heavy atom. The molecule has 11 rings (SSSR count). The highest BCUT2D eigenvalue weighted by Crippen LogP contribution is 2.44. The van der Waals surface area contributed by atoms with Crippen molar-refractivity contribution >= 4 is 62.7 Å². The lowest BCUT2D eigenvalue weighted by Crippen LogP contribution is -2.54. The highest BCUT2D eigenvalue weighted by atomic mass is 19.1. The molecular weight excluding hydrogens is 951 g/mol. The minimum Gasteiger partial charge on any atom is -0.508 e. The van der Waals surface area contributed by atoms with Crippen LogP contribution in [0.3, 0.4) is 0 Å². The molecule has 5 fully saturated rings. The van der Waals surface area contributed by atoms with E-state index in [1.807, 2.05) is 11.9 Å². The highest BCUT2D eigenvalue weighted by Gasteiger charge is 2.50. The molecule has 6 aliphatic heterocycles. The number of carbonyl (C=O) groups is 5. The number of imide groups is 2. The molecule has 17 nitrogen and oxygen atoms in total. The summed E-state index contributed by atoms with van der Waals surface area (Å²) in [6.45, 7) is 3.58. The predicted molar refractivity (Wildman–Crippen MR) is 271 cm³/mol. The second-order valence-corrected chi connectivity index (χ2v) is 20.8. The third kappa shape index (κ3) is 8.91. The number of piperidine rings is 1. The van der Waals surface area contributed by atoms with Gasteiger partial charge in [-0.05, 0) is 100 Å². The Kier molecular flexibility index (Phi) is 13.1. The number of halogens is 2.